The van der Waals surface area contributed by atoms with Crippen LogP contribution in [-0.4, -0.2) is 13.0 Å². The van der Waals surface area contributed by atoms with Crippen molar-refractivity contribution in [3.05, 3.63) is 57.2 Å². The summed E-state index contributed by atoms with van der Waals surface area (Å²) in [5.74, 6) is -0.963. The molecule has 2 rings (SSSR count). The van der Waals surface area contributed by atoms with E-state index in [2.05, 4.69) is 5.32 Å². The van der Waals surface area contributed by atoms with Gasteiger partial charge in [0.15, 0.2) is 0 Å². The quantitative estimate of drug-likeness (QED) is 0.587. The van der Waals surface area contributed by atoms with E-state index in [1.807, 2.05) is 24.3 Å². The van der Waals surface area contributed by atoms with E-state index in [-0.39, 0.29) is 21.6 Å². The first-order chi connectivity index (χ1) is 10.5. The molecule has 0 spiro atoms. The zero-order valence-corrected chi connectivity index (χ0v) is 14.0. The first-order valence-corrected chi connectivity index (χ1v) is 7.65. The van der Waals surface area contributed by atoms with E-state index < -0.39 is 11.6 Å². The van der Waals surface area contributed by atoms with Crippen molar-refractivity contribution in [2.75, 3.05) is 12.4 Å². The molecule has 116 valence electrons. The van der Waals surface area contributed by atoms with Crippen molar-refractivity contribution in [3.8, 4) is 5.75 Å². The van der Waals surface area contributed by atoms with Crippen LogP contribution in [0.5, 0.6) is 5.75 Å². The normalized spacial score (nSPS) is 10.4. The van der Waals surface area contributed by atoms with Crippen LogP contribution in [0, 0.1) is 15.2 Å². The third kappa shape index (κ3) is 4.40. The van der Waals surface area contributed by atoms with Gasteiger partial charge in [0.25, 0.3) is 0 Å². The number of amides is 1. The maximum absolute atomic E-state index is 13.4. The Hall–Kier alpha value is -1.70. The Morgan fingerprint density at radius 1 is 1.23 bits per heavy atom. The Balaban J connectivity index is 1.95. The molecular weight excluding hydrogens is 403 g/mol. The standard InChI is InChI=1S/C16H14F2INO2/c1-22-12-4-2-3-10(7-12)5-6-15(21)20-11-8-13(17)16(19)14(18)9-11/h2-4,7-9H,5-6H2,1H3,(H,20,21). The molecule has 3 nitrogen and oxygen atoms in total. The van der Waals surface area contributed by atoms with Crippen molar-refractivity contribution in [2.45, 2.75) is 12.8 Å². The van der Waals surface area contributed by atoms with E-state index >= 15 is 0 Å². The lowest BCUT2D eigenvalue weighted by atomic mass is 10.1. The third-order valence-electron chi connectivity index (χ3n) is 3.04. The molecule has 0 heterocycles. The van der Waals surface area contributed by atoms with Gasteiger partial charge in [-0.05, 0) is 58.8 Å². The summed E-state index contributed by atoms with van der Waals surface area (Å²) in [6, 6.07) is 9.61. The molecule has 22 heavy (non-hydrogen) atoms. The van der Waals surface area contributed by atoms with Crippen molar-refractivity contribution in [3.63, 3.8) is 0 Å². The molecule has 0 radical (unpaired) electrons. The largest absolute Gasteiger partial charge is 0.497 e. The van der Waals surface area contributed by atoms with Crippen LogP contribution in [0.3, 0.4) is 0 Å². The van der Waals surface area contributed by atoms with E-state index in [9.17, 15) is 13.6 Å². The van der Waals surface area contributed by atoms with E-state index in [1.54, 1.807) is 29.7 Å². The van der Waals surface area contributed by atoms with Gasteiger partial charge in [0.2, 0.25) is 5.91 Å². The average molecular weight is 417 g/mol. The minimum atomic E-state index is -0.691. The summed E-state index contributed by atoms with van der Waals surface area (Å²) in [5.41, 5.74) is 1.07. The van der Waals surface area contributed by atoms with Gasteiger partial charge in [-0.25, -0.2) is 8.78 Å². The van der Waals surface area contributed by atoms with Crippen molar-refractivity contribution >= 4 is 34.2 Å². The highest BCUT2D eigenvalue weighted by molar-refractivity contribution is 14.1. The van der Waals surface area contributed by atoms with Gasteiger partial charge in [0.05, 0.1) is 10.7 Å². The fourth-order valence-electron chi connectivity index (χ4n) is 1.94. The van der Waals surface area contributed by atoms with Crippen molar-refractivity contribution in [1.82, 2.24) is 0 Å². The van der Waals surface area contributed by atoms with E-state index in [0.29, 0.717) is 6.42 Å². The highest BCUT2D eigenvalue weighted by Crippen LogP contribution is 2.21. The van der Waals surface area contributed by atoms with Crippen LogP contribution in [0.2, 0.25) is 0 Å². The van der Waals surface area contributed by atoms with Gasteiger partial charge in [-0.15, -0.1) is 0 Å². The summed E-state index contributed by atoms with van der Waals surface area (Å²) >= 11 is 1.58. The fourth-order valence-corrected chi connectivity index (χ4v) is 2.25. The van der Waals surface area contributed by atoms with Crippen LogP contribution in [-0.2, 0) is 11.2 Å². The van der Waals surface area contributed by atoms with E-state index in [0.717, 1.165) is 23.4 Å². The number of anilines is 1. The molecule has 0 aliphatic carbocycles. The van der Waals surface area contributed by atoms with Crippen LogP contribution in [0.4, 0.5) is 14.5 Å². The van der Waals surface area contributed by atoms with Crippen molar-refractivity contribution < 1.29 is 18.3 Å². The minimum Gasteiger partial charge on any atom is -0.497 e. The molecule has 0 aliphatic heterocycles. The number of rotatable bonds is 5. The maximum Gasteiger partial charge on any atom is 0.224 e. The Bertz CT molecular complexity index is 669. The number of carbonyl (C=O) groups excluding carboxylic acids is 1. The van der Waals surface area contributed by atoms with Gasteiger partial charge in [-0.1, -0.05) is 12.1 Å². The van der Waals surface area contributed by atoms with Gasteiger partial charge in [-0.3, -0.25) is 4.79 Å². The molecular formula is C16H14F2INO2. The highest BCUT2D eigenvalue weighted by atomic mass is 127. The molecule has 0 bridgehead atoms. The Morgan fingerprint density at radius 3 is 2.55 bits per heavy atom. The highest BCUT2D eigenvalue weighted by Gasteiger charge is 2.10. The average Bonchev–Trinajstić information content (AvgIpc) is 2.50. The number of methoxy groups -OCH3 is 1. The molecule has 0 saturated heterocycles. The molecule has 0 fully saturated rings. The molecule has 2 aromatic carbocycles. The van der Waals surface area contributed by atoms with Crippen LogP contribution in [0.15, 0.2) is 36.4 Å². The van der Waals surface area contributed by atoms with Crippen LogP contribution in [0.1, 0.15) is 12.0 Å². The summed E-state index contributed by atoms with van der Waals surface area (Å²) in [6.07, 6.45) is 0.723. The second kappa shape index (κ2) is 7.53. The summed E-state index contributed by atoms with van der Waals surface area (Å²) in [6.45, 7) is 0. The molecule has 1 amide bonds. The number of benzene rings is 2. The summed E-state index contributed by atoms with van der Waals surface area (Å²) in [7, 11) is 1.58. The van der Waals surface area contributed by atoms with Gasteiger partial charge in [-0.2, -0.15) is 0 Å². The molecule has 0 aromatic heterocycles. The summed E-state index contributed by atoms with van der Waals surface area (Å²) in [4.78, 5) is 11.9. The lowest BCUT2D eigenvalue weighted by Gasteiger charge is -2.08. The molecule has 0 unspecified atom stereocenters. The predicted molar refractivity (Wildman–Crippen MR) is 89.0 cm³/mol. The molecule has 0 atom stereocenters. The van der Waals surface area contributed by atoms with E-state index in [1.165, 1.54) is 0 Å². The smallest absolute Gasteiger partial charge is 0.224 e. The van der Waals surface area contributed by atoms with Crippen LogP contribution in [0.25, 0.3) is 0 Å². The number of ether oxygens (including phenoxy) is 1. The van der Waals surface area contributed by atoms with Gasteiger partial charge in [0, 0.05) is 12.1 Å². The Labute approximate surface area is 140 Å². The Kier molecular flexibility index (Phi) is 5.70. The zero-order chi connectivity index (χ0) is 16.1. The topological polar surface area (TPSA) is 38.3 Å². The predicted octanol–water partition coefficient (Wildman–Crippen LogP) is 4.15. The number of carbonyl (C=O) groups is 1. The van der Waals surface area contributed by atoms with E-state index in [4.69, 9.17) is 4.74 Å². The van der Waals surface area contributed by atoms with Crippen molar-refractivity contribution in [2.24, 2.45) is 0 Å². The second-order valence-electron chi connectivity index (χ2n) is 4.65. The van der Waals surface area contributed by atoms with Crippen LogP contribution < -0.4 is 10.1 Å². The molecule has 1 N–H and O–H groups in total. The van der Waals surface area contributed by atoms with Gasteiger partial charge >= 0.3 is 0 Å². The summed E-state index contributed by atoms with van der Waals surface area (Å²) in [5, 5.41) is 2.50. The lowest BCUT2D eigenvalue weighted by molar-refractivity contribution is -0.116. The minimum absolute atomic E-state index is 0.0908. The Morgan fingerprint density at radius 2 is 1.91 bits per heavy atom. The number of halogens is 3. The van der Waals surface area contributed by atoms with Gasteiger partial charge in [0.1, 0.15) is 17.4 Å². The van der Waals surface area contributed by atoms with Crippen LogP contribution >= 0.6 is 22.6 Å². The zero-order valence-electron chi connectivity index (χ0n) is 11.8. The number of aryl methyl sites for hydroxylation is 1. The van der Waals surface area contributed by atoms with Crippen molar-refractivity contribution in [1.29, 1.82) is 0 Å². The first kappa shape index (κ1) is 16.7. The number of hydrogen-bond donors (Lipinski definition) is 1. The number of hydrogen-bond acceptors (Lipinski definition) is 2. The molecule has 0 aliphatic rings. The molecule has 0 saturated carbocycles. The first-order valence-electron chi connectivity index (χ1n) is 6.57. The maximum atomic E-state index is 13.4. The SMILES string of the molecule is COc1cccc(CCC(=O)Nc2cc(F)c(I)c(F)c2)c1. The monoisotopic (exact) mass is 417 g/mol. The van der Waals surface area contributed by atoms with Gasteiger partial charge < -0.3 is 10.1 Å². The molecule has 6 heteroatoms. The number of nitrogens with one attached hydrogen (secondary N) is 1. The molecule has 2 aromatic rings. The summed E-state index contributed by atoms with van der Waals surface area (Å²) < 4.78 is 31.8. The lowest BCUT2D eigenvalue weighted by Crippen LogP contribution is -2.13. The second-order valence-corrected chi connectivity index (χ2v) is 5.73. The third-order valence-corrected chi connectivity index (χ3v) is 4.07. The fraction of sp³-hybridized carbons (Fsp3) is 0.188.